The summed E-state index contributed by atoms with van der Waals surface area (Å²) in [5.74, 6) is 0.0722. The highest BCUT2D eigenvalue weighted by molar-refractivity contribution is 5.74. The first kappa shape index (κ1) is 13.8. The Morgan fingerprint density at radius 2 is 2.26 bits per heavy atom. The van der Waals surface area contributed by atoms with Crippen LogP contribution < -0.4 is 10.5 Å². The van der Waals surface area contributed by atoms with E-state index in [1.165, 1.54) is 13.2 Å². The molecule has 1 aromatic rings. The molecule has 0 aromatic heterocycles. The molecule has 3 unspecified atom stereocenters. The highest BCUT2D eigenvalue weighted by atomic mass is 19.1. The molecule has 2 rings (SSSR count). The van der Waals surface area contributed by atoms with Crippen LogP contribution in [0.15, 0.2) is 18.2 Å². The summed E-state index contributed by atoms with van der Waals surface area (Å²) in [6, 6.07) is 4.85. The molecule has 1 saturated carbocycles. The van der Waals surface area contributed by atoms with Crippen LogP contribution in [0.2, 0.25) is 0 Å². The quantitative estimate of drug-likeness (QED) is 0.855. The number of halogens is 1. The predicted molar refractivity (Wildman–Crippen MR) is 68.4 cm³/mol. The van der Waals surface area contributed by atoms with E-state index < -0.39 is 5.91 Å². The topological polar surface area (TPSA) is 61.5 Å². The van der Waals surface area contributed by atoms with Crippen molar-refractivity contribution in [2.75, 3.05) is 14.2 Å². The highest BCUT2D eigenvalue weighted by Crippen LogP contribution is 2.51. The summed E-state index contributed by atoms with van der Waals surface area (Å²) in [4.78, 5) is 10.9. The number of benzene rings is 1. The lowest BCUT2D eigenvalue weighted by molar-refractivity contribution is -0.120. The molecular weight excluding hydrogens is 249 g/mol. The Morgan fingerprint density at radius 3 is 2.79 bits per heavy atom. The van der Waals surface area contributed by atoms with Crippen LogP contribution in [0.4, 0.5) is 4.39 Å². The largest absolute Gasteiger partial charge is 0.497 e. The zero-order valence-electron chi connectivity index (χ0n) is 11.1. The molecule has 19 heavy (non-hydrogen) atoms. The highest BCUT2D eigenvalue weighted by Gasteiger charge is 2.45. The van der Waals surface area contributed by atoms with Crippen LogP contribution in [0.5, 0.6) is 5.75 Å². The Kier molecular flexibility index (Phi) is 4.04. The minimum Gasteiger partial charge on any atom is -0.497 e. The summed E-state index contributed by atoms with van der Waals surface area (Å²) in [7, 11) is 3.05. The molecule has 0 saturated heterocycles. The van der Waals surface area contributed by atoms with Gasteiger partial charge in [0.15, 0.2) is 0 Å². The van der Waals surface area contributed by atoms with Crippen LogP contribution in [0, 0.1) is 11.7 Å². The summed E-state index contributed by atoms with van der Waals surface area (Å²) >= 11 is 0. The fourth-order valence-electron chi connectivity index (χ4n) is 2.53. The van der Waals surface area contributed by atoms with E-state index in [1.807, 2.05) is 0 Å². The monoisotopic (exact) mass is 267 g/mol. The van der Waals surface area contributed by atoms with Crippen molar-refractivity contribution >= 4 is 5.91 Å². The van der Waals surface area contributed by atoms with Gasteiger partial charge in [0.25, 0.3) is 0 Å². The molecule has 0 radical (unpaired) electrons. The van der Waals surface area contributed by atoms with Gasteiger partial charge in [0.2, 0.25) is 5.91 Å². The van der Waals surface area contributed by atoms with E-state index in [0.717, 1.165) is 6.42 Å². The van der Waals surface area contributed by atoms with Gasteiger partial charge < -0.3 is 15.2 Å². The molecule has 1 aliphatic rings. The summed E-state index contributed by atoms with van der Waals surface area (Å²) in [5, 5.41) is 0. The second-order valence-electron chi connectivity index (χ2n) is 4.84. The maximum atomic E-state index is 13.9. The molecule has 0 aliphatic heterocycles. The van der Waals surface area contributed by atoms with Crippen LogP contribution in [0.25, 0.3) is 0 Å². The molecule has 1 amide bonds. The van der Waals surface area contributed by atoms with Crippen molar-refractivity contribution in [3.8, 4) is 5.75 Å². The number of carbonyl (C=O) groups excluding carboxylic acids is 1. The number of rotatable bonds is 6. The second-order valence-corrected chi connectivity index (χ2v) is 4.84. The number of hydrogen-bond acceptors (Lipinski definition) is 3. The van der Waals surface area contributed by atoms with Gasteiger partial charge in [0.05, 0.1) is 19.6 Å². The molecule has 0 heterocycles. The molecule has 5 heteroatoms. The standard InChI is InChI=1S/C14H18FNO3/c1-18-8-3-4-9(12(15)5-8)10-6-11(10)13(19-2)7-14(16)17/h3-5,10-11,13H,6-7H2,1-2H3,(H2,16,17). The van der Waals surface area contributed by atoms with E-state index in [-0.39, 0.29) is 30.2 Å². The summed E-state index contributed by atoms with van der Waals surface area (Å²) in [6.45, 7) is 0. The first-order valence-corrected chi connectivity index (χ1v) is 6.21. The Balaban J connectivity index is 2.07. The summed E-state index contributed by atoms with van der Waals surface area (Å²) in [6.07, 6.45) is 0.758. The number of nitrogens with two attached hydrogens (primary N) is 1. The lowest BCUT2D eigenvalue weighted by Gasteiger charge is -2.13. The number of methoxy groups -OCH3 is 2. The van der Waals surface area contributed by atoms with Crippen molar-refractivity contribution in [2.24, 2.45) is 11.7 Å². The SMILES string of the molecule is COc1ccc(C2CC2C(CC(N)=O)OC)c(F)c1. The Labute approximate surface area is 111 Å². The number of ether oxygens (including phenoxy) is 2. The average molecular weight is 267 g/mol. The Bertz CT molecular complexity index is 478. The molecule has 1 aromatic carbocycles. The van der Waals surface area contributed by atoms with Gasteiger partial charge in [-0.25, -0.2) is 4.39 Å². The predicted octanol–water partition coefficient (Wildman–Crippen LogP) is 1.83. The molecule has 3 atom stereocenters. The van der Waals surface area contributed by atoms with E-state index in [4.69, 9.17) is 15.2 Å². The fraction of sp³-hybridized carbons (Fsp3) is 0.500. The van der Waals surface area contributed by atoms with Crippen LogP contribution >= 0.6 is 0 Å². The Hall–Kier alpha value is -1.62. The number of amides is 1. The maximum Gasteiger partial charge on any atom is 0.220 e. The van der Waals surface area contributed by atoms with E-state index in [2.05, 4.69) is 0 Å². The zero-order valence-corrected chi connectivity index (χ0v) is 11.1. The minimum absolute atomic E-state index is 0.0928. The van der Waals surface area contributed by atoms with Gasteiger partial charge in [-0.2, -0.15) is 0 Å². The molecular formula is C14H18FNO3. The molecule has 1 aliphatic carbocycles. The summed E-state index contributed by atoms with van der Waals surface area (Å²) < 4.78 is 24.2. The van der Waals surface area contributed by atoms with Gasteiger partial charge in [0.1, 0.15) is 11.6 Å². The average Bonchev–Trinajstić information content (AvgIpc) is 3.15. The fourth-order valence-corrected chi connectivity index (χ4v) is 2.53. The van der Waals surface area contributed by atoms with Gasteiger partial charge in [-0.3, -0.25) is 4.79 Å². The normalized spacial score (nSPS) is 22.9. The second kappa shape index (κ2) is 5.57. The third-order valence-electron chi connectivity index (χ3n) is 3.63. The zero-order chi connectivity index (χ0) is 14.0. The molecule has 4 nitrogen and oxygen atoms in total. The van der Waals surface area contributed by atoms with Gasteiger partial charge in [0, 0.05) is 13.2 Å². The van der Waals surface area contributed by atoms with Crippen molar-refractivity contribution in [1.82, 2.24) is 0 Å². The van der Waals surface area contributed by atoms with Crippen molar-refractivity contribution in [3.63, 3.8) is 0 Å². The minimum atomic E-state index is -0.396. The van der Waals surface area contributed by atoms with Crippen molar-refractivity contribution in [3.05, 3.63) is 29.6 Å². The molecule has 104 valence electrons. The summed E-state index contributed by atoms with van der Waals surface area (Å²) in [5.41, 5.74) is 5.83. The van der Waals surface area contributed by atoms with E-state index in [9.17, 15) is 9.18 Å². The third kappa shape index (κ3) is 3.04. The molecule has 0 bridgehead atoms. The number of hydrogen-bond donors (Lipinski definition) is 1. The lowest BCUT2D eigenvalue weighted by atomic mass is 10.0. The first-order chi connectivity index (χ1) is 9.06. The van der Waals surface area contributed by atoms with Crippen molar-refractivity contribution in [2.45, 2.75) is 24.9 Å². The number of primary amides is 1. The van der Waals surface area contributed by atoms with Crippen LogP contribution in [-0.2, 0) is 9.53 Å². The van der Waals surface area contributed by atoms with Crippen LogP contribution in [0.1, 0.15) is 24.3 Å². The third-order valence-corrected chi connectivity index (χ3v) is 3.63. The van der Waals surface area contributed by atoms with Gasteiger partial charge >= 0.3 is 0 Å². The van der Waals surface area contributed by atoms with E-state index in [1.54, 1.807) is 19.2 Å². The van der Waals surface area contributed by atoms with Gasteiger partial charge in [-0.05, 0) is 29.9 Å². The molecule has 0 spiro atoms. The van der Waals surface area contributed by atoms with Crippen LogP contribution in [0.3, 0.4) is 0 Å². The number of carbonyl (C=O) groups is 1. The smallest absolute Gasteiger partial charge is 0.220 e. The molecule has 1 fully saturated rings. The first-order valence-electron chi connectivity index (χ1n) is 6.21. The van der Waals surface area contributed by atoms with E-state index in [0.29, 0.717) is 11.3 Å². The molecule has 2 N–H and O–H groups in total. The lowest BCUT2D eigenvalue weighted by Crippen LogP contribution is -2.23. The Morgan fingerprint density at radius 1 is 1.53 bits per heavy atom. The van der Waals surface area contributed by atoms with Gasteiger partial charge in [-0.15, -0.1) is 0 Å². The van der Waals surface area contributed by atoms with Gasteiger partial charge in [-0.1, -0.05) is 6.07 Å². The maximum absolute atomic E-state index is 13.9. The van der Waals surface area contributed by atoms with Crippen LogP contribution in [-0.4, -0.2) is 26.2 Å². The van der Waals surface area contributed by atoms with Crippen molar-refractivity contribution in [1.29, 1.82) is 0 Å². The van der Waals surface area contributed by atoms with E-state index >= 15 is 0 Å². The van der Waals surface area contributed by atoms with Crippen molar-refractivity contribution < 1.29 is 18.7 Å².